The number of anilines is 2. The molecule has 1 aliphatic carbocycles. The number of Topliss-reactive ketones (excluding diaryl/α,β-unsaturated/α-hetero) is 1. The molecule has 2 aromatic carbocycles. The Morgan fingerprint density at radius 1 is 1.12 bits per heavy atom. The molecular formula is C16H11N3Na2O4S. The van der Waals surface area contributed by atoms with Crippen LogP contribution in [0.4, 0.5) is 11.4 Å². The molecule has 0 saturated carbocycles. The summed E-state index contributed by atoms with van der Waals surface area (Å²) in [5, 5.41) is 3.98. The average molecular weight is 387 g/mol. The largest absolute Gasteiger partial charge is 1.00 e. The quantitative estimate of drug-likeness (QED) is 0.180. The molecule has 26 heavy (non-hydrogen) atoms. The van der Waals surface area contributed by atoms with Crippen molar-refractivity contribution in [3.63, 3.8) is 0 Å². The maximum Gasteiger partial charge on any atom is 1.00 e. The molecule has 0 radical (unpaired) electrons. The minimum atomic E-state index is -4.67. The molecule has 10 heteroatoms. The Morgan fingerprint density at radius 3 is 2.38 bits per heavy atom. The number of allylic oxidation sites excluding steroid dienone is 1. The number of hydrogen-bond acceptors (Lipinski definition) is 7. The Hall–Kier alpha value is -0.970. The number of carbonyl (C=O) groups is 1. The van der Waals surface area contributed by atoms with Crippen LogP contribution in [0.2, 0.25) is 0 Å². The molecular weight excluding hydrogens is 376 g/mol. The van der Waals surface area contributed by atoms with Crippen LogP contribution in [0.1, 0.15) is 15.9 Å². The van der Waals surface area contributed by atoms with Gasteiger partial charge in [-0.25, -0.2) is 8.42 Å². The normalized spacial score (nSPS) is 14.2. The van der Waals surface area contributed by atoms with E-state index in [0.29, 0.717) is 5.69 Å². The van der Waals surface area contributed by atoms with Crippen molar-refractivity contribution in [2.45, 2.75) is 4.90 Å². The fourth-order valence-electron chi connectivity index (χ4n) is 2.23. The number of nitrogen functional groups attached to an aromatic ring is 1. The number of hydrazone groups is 1. The number of nitrogens with one attached hydrogen (secondary N) is 1. The predicted octanol–water partition coefficient (Wildman–Crippen LogP) is -4.34. The number of para-hydroxylation sites is 1. The van der Waals surface area contributed by atoms with Crippen LogP contribution in [0.5, 0.6) is 0 Å². The minimum absolute atomic E-state index is 0. The molecule has 3 rings (SSSR count). The zero-order valence-corrected chi connectivity index (χ0v) is 19.0. The summed E-state index contributed by atoms with van der Waals surface area (Å²) in [7, 11) is -4.67. The Bertz CT molecular complexity index is 990. The van der Waals surface area contributed by atoms with Crippen LogP contribution >= 0.6 is 0 Å². The summed E-state index contributed by atoms with van der Waals surface area (Å²) in [6.45, 7) is 0. The van der Waals surface area contributed by atoms with Crippen molar-refractivity contribution >= 4 is 39.1 Å². The zero-order chi connectivity index (χ0) is 17.3. The molecule has 0 fully saturated rings. The Labute approximate surface area is 195 Å². The first-order chi connectivity index (χ1) is 11.4. The van der Waals surface area contributed by atoms with Gasteiger partial charge >= 0.3 is 59.1 Å². The number of hydrogen-bond donors (Lipinski definition) is 2. The van der Waals surface area contributed by atoms with Crippen LogP contribution < -0.4 is 70.3 Å². The number of benzene rings is 2. The molecule has 0 unspecified atom stereocenters. The summed E-state index contributed by atoms with van der Waals surface area (Å²) < 4.78 is 33.3. The topological polar surface area (TPSA) is 125 Å². The number of nitrogens with two attached hydrogens (primary N) is 1. The molecule has 2 aromatic rings. The summed E-state index contributed by atoms with van der Waals surface area (Å²) in [6.07, 6.45) is 4.03. The van der Waals surface area contributed by atoms with E-state index in [1.807, 2.05) is 18.2 Å². The molecule has 1 aliphatic rings. The molecule has 0 amide bonds. The van der Waals surface area contributed by atoms with Gasteiger partial charge in [0.15, 0.2) is 0 Å². The SMILES string of the molecule is Nc1cc(S(=O)(=O)[O-])cc2c1C(=O)/C(=N\Nc1ccccc1)[C-]=C2.[Na+].[Na+]. The van der Waals surface area contributed by atoms with Gasteiger partial charge in [0, 0.05) is 16.3 Å². The van der Waals surface area contributed by atoms with E-state index >= 15 is 0 Å². The molecule has 0 spiro atoms. The van der Waals surface area contributed by atoms with E-state index in [9.17, 15) is 17.8 Å². The van der Waals surface area contributed by atoms with Gasteiger partial charge < -0.3 is 15.1 Å². The van der Waals surface area contributed by atoms with E-state index in [0.717, 1.165) is 12.1 Å². The van der Waals surface area contributed by atoms with Crippen LogP contribution in [0.3, 0.4) is 0 Å². The molecule has 0 aliphatic heterocycles. The molecule has 3 N–H and O–H groups in total. The summed E-state index contributed by atoms with van der Waals surface area (Å²) in [5.74, 6) is -0.511. The maximum atomic E-state index is 12.5. The van der Waals surface area contributed by atoms with Gasteiger partial charge in [0.25, 0.3) is 0 Å². The first-order valence-electron chi connectivity index (χ1n) is 6.79. The van der Waals surface area contributed by atoms with E-state index in [2.05, 4.69) is 16.6 Å². The summed E-state index contributed by atoms with van der Waals surface area (Å²) in [6, 6.07) is 11.1. The second-order valence-corrected chi connectivity index (χ2v) is 6.37. The van der Waals surface area contributed by atoms with Gasteiger partial charge in [-0.2, -0.15) is 17.3 Å². The molecule has 0 aromatic heterocycles. The molecule has 0 atom stereocenters. The number of rotatable bonds is 3. The fraction of sp³-hybridized carbons (Fsp3) is 0. The Morgan fingerprint density at radius 2 is 1.77 bits per heavy atom. The van der Waals surface area contributed by atoms with Crippen LogP contribution in [0.15, 0.2) is 52.5 Å². The van der Waals surface area contributed by atoms with Crippen LogP contribution in [0, 0.1) is 6.08 Å². The van der Waals surface area contributed by atoms with Crippen molar-refractivity contribution in [1.82, 2.24) is 0 Å². The Kier molecular flexibility index (Phi) is 8.25. The van der Waals surface area contributed by atoms with Crippen molar-refractivity contribution in [3.8, 4) is 0 Å². The van der Waals surface area contributed by atoms with Crippen molar-refractivity contribution in [2.24, 2.45) is 5.10 Å². The van der Waals surface area contributed by atoms with Gasteiger partial charge in [-0.1, -0.05) is 29.8 Å². The number of ketones is 1. The first kappa shape index (κ1) is 23.1. The van der Waals surface area contributed by atoms with E-state index in [1.54, 1.807) is 12.1 Å². The van der Waals surface area contributed by atoms with E-state index in [-0.39, 0.29) is 81.6 Å². The van der Waals surface area contributed by atoms with Gasteiger partial charge in [0.05, 0.1) is 5.69 Å². The molecule has 7 nitrogen and oxygen atoms in total. The second kappa shape index (κ2) is 9.29. The third-order valence-corrected chi connectivity index (χ3v) is 4.15. The zero-order valence-electron chi connectivity index (χ0n) is 14.2. The fourth-order valence-corrected chi connectivity index (χ4v) is 2.77. The summed E-state index contributed by atoms with van der Waals surface area (Å²) in [5.41, 5.74) is 9.37. The van der Waals surface area contributed by atoms with Crippen LogP contribution in [0.25, 0.3) is 6.08 Å². The van der Waals surface area contributed by atoms with Gasteiger partial charge in [0.1, 0.15) is 15.9 Å². The molecule has 0 bridgehead atoms. The van der Waals surface area contributed by atoms with Crippen molar-refractivity contribution in [1.29, 1.82) is 0 Å². The first-order valence-corrected chi connectivity index (χ1v) is 8.20. The average Bonchev–Trinajstić information content (AvgIpc) is 2.54. The molecule has 0 saturated heterocycles. The number of fused-ring (bicyclic) bond motifs is 1. The molecule has 0 heterocycles. The van der Waals surface area contributed by atoms with Crippen molar-refractivity contribution in [3.05, 3.63) is 59.7 Å². The monoisotopic (exact) mass is 387 g/mol. The van der Waals surface area contributed by atoms with Gasteiger partial charge in [-0.05, 0) is 18.2 Å². The standard InChI is InChI=1S/C16H12N3O4S.2Na/c17-13-9-12(24(21,22)23)8-10-6-7-14(16(20)15(10)13)19-18-11-4-2-1-3-5-11;;/h1-6,8-9,18H,17H2,(H,21,22,23);;/q-1;2*+1/p-1/b19-14-;;. The summed E-state index contributed by atoms with van der Waals surface area (Å²) in [4.78, 5) is 12.0. The van der Waals surface area contributed by atoms with Crippen molar-refractivity contribution in [2.75, 3.05) is 11.2 Å². The second-order valence-electron chi connectivity index (χ2n) is 4.99. The van der Waals surface area contributed by atoms with E-state index < -0.39 is 20.8 Å². The smallest absolute Gasteiger partial charge is 0.744 e. The third-order valence-electron chi connectivity index (χ3n) is 3.34. The number of carbonyl (C=O) groups excluding carboxylic acids is 1. The predicted molar refractivity (Wildman–Crippen MR) is 88.4 cm³/mol. The number of nitrogens with zero attached hydrogens (tertiary/aromatic N) is 1. The van der Waals surface area contributed by atoms with Crippen molar-refractivity contribution < 1.29 is 76.9 Å². The van der Waals surface area contributed by atoms with Crippen LogP contribution in [-0.4, -0.2) is 24.5 Å². The van der Waals surface area contributed by atoms with Gasteiger partial charge in [-0.15, -0.1) is 5.56 Å². The van der Waals surface area contributed by atoms with Crippen LogP contribution in [-0.2, 0) is 10.1 Å². The molecule has 122 valence electrons. The summed E-state index contributed by atoms with van der Waals surface area (Å²) >= 11 is 0. The van der Waals surface area contributed by atoms with E-state index in [4.69, 9.17) is 5.73 Å². The minimum Gasteiger partial charge on any atom is -0.744 e. The van der Waals surface area contributed by atoms with Gasteiger partial charge in [-0.3, -0.25) is 5.43 Å². The third kappa shape index (κ3) is 5.05. The maximum absolute atomic E-state index is 12.5. The van der Waals surface area contributed by atoms with Gasteiger partial charge in [0.2, 0.25) is 0 Å². The Balaban J connectivity index is 0.00000169. The van der Waals surface area contributed by atoms with E-state index in [1.165, 1.54) is 6.08 Å².